The van der Waals surface area contributed by atoms with Gasteiger partial charge in [-0.2, -0.15) is 0 Å². The summed E-state index contributed by atoms with van der Waals surface area (Å²) in [6.07, 6.45) is 8.90. The normalized spacial score (nSPS) is 26.0. The number of hydrazine groups is 1. The van der Waals surface area contributed by atoms with Gasteiger partial charge in [0.25, 0.3) is 0 Å². The van der Waals surface area contributed by atoms with E-state index in [2.05, 4.69) is 30.0 Å². The highest BCUT2D eigenvalue weighted by Crippen LogP contribution is 2.44. The molecule has 0 aliphatic carbocycles. The van der Waals surface area contributed by atoms with Crippen LogP contribution in [0.3, 0.4) is 0 Å². The van der Waals surface area contributed by atoms with Crippen LogP contribution in [0.4, 0.5) is 0 Å². The Hall–Kier alpha value is -2.27. The molecule has 9 nitrogen and oxygen atoms in total. The minimum atomic E-state index is -0.974. The fourth-order valence-electron chi connectivity index (χ4n) is 2.49. The summed E-state index contributed by atoms with van der Waals surface area (Å²) in [6, 6.07) is 1.78. The van der Waals surface area contributed by atoms with Crippen molar-refractivity contribution in [2.45, 2.75) is 5.66 Å². The molecule has 0 amide bonds. The molecule has 23 heavy (non-hydrogen) atoms. The smallest absolute Gasteiger partial charge is 0.239 e. The fourth-order valence-corrected chi connectivity index (χ4v) is 3.61. The molecule has 1 atom stereocenters. The summed E-state index contributed by atoms with van der Waals surface area (Å²) in [6.45, 7) is 1.49. The lowest BCUT2D eigenvalue weighted by Crippen LogP contribution is -2.53. The van der Waals surface area contributed by atoms with E-state index in [0.717, 1.165) is 13.1 Å². The van der Waals surface area contributed by atoms with Crippen molar-refractivity contribution in [2.24, 2.45) is 19.6 Å². The molecule has 1 aromatic heterocycles. The number of nitrogens with zero attached hydrogens (tertiary/aromatic N) is 9. The molecule has 4 rings (SSSR count). The highest BCUT2D eigenvalue weighted by atomic mass is 33.1. The quantitative estimate of drug-likeness (QED) is 0.609. The molecule has 0 bridgehead atoms. The molecule has 0 spiro atoms. The van der Waals surface area contributed by atoms with Crippen molar-refractivity contribution < 1.29 is 0 Å². The minimum Gasteiger partial charge on any atom is -0.272 e. The van der Waals surface area contributed by atoms with E-state index in [1.165, 1.54) is 21.8 Å². The Kier molecular flexibility index (Phi) is 3.79. The van der Waals surface area contributed by atoms with E-state index >= 15 is 0 Å². The minimum absolute atomic E-state index is 0.617. The molecule has 0 radical (unpaired) electrons. The number of hydrogen-bond donors (Lipinski definition) is 0. The van der Waals surface area contributed by atoms with Crippen LogP contribution in [0, 0.1) is 0 Å². The molecule has 4 heterocycles. The average molecular weight is 345 g/mol. The lowest BCUT2D eigenvalue weighted by atomic mass is 10.0. The van der Waals surface area contributed by atoms with Crippen LogP contribution in [0.1, 0.15) is 5.69 Å². The maximum absolute atomic E-state index is 4.72. The van der Waals surface area contributed by atoms with Crippen LogP contribution in [0.2, 0.25) is 0 Å². The van der Waals surface area contributed by atoms with Crippen LogP contribution in [-0.2, 0) is 5.66 Å². The third-order valence-corrected chi connectivity index (χ3v) is 4.76. The van der Waals surface area contributed by atoms with Gasteiger partial charge in [-0.1, -0.05) is 0 Å². The molecule has 1 aromatic rings. The van der Waals surface area contributed by atoms with E-state index in [-0.39, 0.29) is 0 Å². The second-order valence-corrected chi connectivity index (χ2v) is 6.45. The Morgan fingerprint density at radius 1 is 1.30 bits per heavy atom. The van der Waals surface area contributed by atoms with E-state index in [4.69, 9.17) is 4.99 Å². The molecule has 0 saturated heterocycles. The third kappa shape index (κ3) is 2.41. The van der Waals surface area contributed by atoms with Crippen LogP contribution in [0.5, 0.6) is 0 Å². The summed E-state index contributed by atoms with van der Waals surface area (Å²) in [7, 11) is 2.80. The van der Waals surface area contributed by atoms with Crippen molar-refractivity contribution in [3.05, 3.63) is 41.3 Å². The van der Waals surface area contributed by atoms with Crippen molar-refractivity contribution >= 4 is 34.3 Å². The van der Waals surface area contributed by atoms with Crippen molar-refractivity contribution in [3.63, 3.8) is 0 Å². The first-order valence-electron chi connectivity index (χ1n) is 6.78. The zero-order chi connectivity index (χ0) is 15.5. The zero-order valence-corrected chi connectivity index (χ0v) is 13.4. The largest absolute Gasteiger partial charge is 0.272 e. The number of rotatable bonds is 3. The van der Waals surface area contributed by atoms with E-state index in [1.54, 1.807) is 24.8 Å². The molecular weight excluding hydrogens is 334 g/mol. The van der Waals surface area contributed by atoms with Gasteiger partial charge in [0.05, 0.1) is 30.3 Å². The van der Waals surface area contributed by atoms with Crippen LogP contribution in [0.15, 0.2) is 55.3 Å². The lowest BCUT2D eigenvalue weighted by Gasteiger charge is -2.44. The summed E-state index contributed by atoms with van der Waals surface area (Å²) < 4.78 is 4.06. The number of hydrogen-bond acceptors (Lipinski definition) is 11. The molecule has 116 valence electrons. The maximum atomic E-state index is 4.72. The number of aliphatic imine (C=N–C) groups is 2. The molecule has 0 fully saturated rings. The number of allylic oxidation sites excluding steroid dienone is 1. The highest BCUT2D eigenvalue weighted by molar-refractivity contribution is 8.77. The molecule has 3 aliphatic rings. The zero-order valence-electron chi connectivity index (χ0n) is 11.8. The second-order valence-electron chi connectivity index (χ2n) is 4.68. The standard InChI is InChI=1S/C12H11N9S2/c1-3-14-12(10-2-4-15-18-16-10,11-8-22-23-19-17-11)21(6-1)20-7-5-13-9-20/h1-4,6,8-9H,5,7H2. The Morgan fingerprint density at radius 3 is 3.04 bits per heavy atom. The van der Waals surface area contributed by atoms with Gasteiger partial charge in [0, 0.05) is 17.8 Å². The van der Waals surface area contributed by atoms with Gasteiger partial charge in [-0.25, -0.2) is 0 Å². The van der Waals surface area contributed by atoms with Gasteiger partial charge in [-0.05, 0) is 28.1 Å². The van der Waals surface area contributed by atoms with E-state index in [9.17, 15) is 0 Å². The summed E-state index contributed by atoms with van der Waals surface area (Å²) >= 11 is 0. The fraction of sp³-hybridized carbons (Fsp3) is 0.250. The lowest BCUT2D eigenvalue weighted by molar-refractivity contribution is 0.0133. The Labute approximate surface area is 139 Å². The summed E-state index contributed by atoms with van der Waals surface area (Å²) in [4.78, 5) is 9.00. The summed E-state index contributed by atoms with van der Waals surface area (Å²) in [5, 5.41) is 21.9. The van der Waals surface area contributed by atoms with E-state index < -0.39 is 5.66 Å². The predicted molar refractivity (Wildman–Crippen MR) is 89.2 cm³/mol. The van der Waals surface area contributed by atoms with Crippen molar-refractivity contribution in [2.75, 3.05) is 13.1 Å². The second kappa shape index (κ2) is 6.08. The van der Waals surface area contributed by atoms with Crippen molar-refractivity contribution in [1.82, 2.24) is 25.4 Å². The van der Waals surface area contributed by atoms with Crippen LogP contribution < -0.4 is 0 Å². The van der Waals surface area contributed by atoms with Gasteiger partial charge in [0.2, 0.25) is 5.66 Å². The first-order chi connectivity index (χ1) is 11.4. The molecule has 0 saturated carbocycles. The summed E-state index contributed by atoms with van der Waals surface area (Å²) in [5.74, 6) is 0. The van der Waals surface area contributed by atoms with Crippen LogP contribution >= 0.6 is 21.8 Å². The molecular formula is C12H11N9S2. The van der Waals surface area contributed by atoms with E-state index in [0.29, 0.717) is 11.4 Å². The highest BCUT2D eigenvalue weighted by Gasteiger charge is 2.47. The van der Waals surface area contributed by atoms with Gasteiger partial charge >= 0.3 is 0 Å². The molecule has 0 aromatic carbocycles. The summed E-state index contributed by atoms with van der Waals surface area (Å²) in [5.41, 5.74) is 0.312. The molecule has 0 N–H and O–H groups in total. The topological polar surface area (TPSA) is 94.6 Å². The van der Waals surface area contributed by atoms with Crippen LogP contribution in [0.25, 0.3) is 0 Å². The van der Waals surface area contributed by atoms with E-state index in [1.807, 2.05) is 27.7 Å². The van der Waals surface area contributed by atoms with Gasteiger partial charge in [-0.15, -0.1) is 19.8 Å². The molecule has 1 unspecified atom stereocenters. The average Bonchev–Trinajstić information content (AvgIpc) is 3.17. The predicted octanol–water partition coefficient (Wildman–Crippen LogP) is 1.79. The van der Waals surface area contributed by atoms with Gasteiger partial charge < -0.3 is 0 Å². The first kappa shape index (κ1) is 14.3. The SMILES string of the molecule is C1=CN(N2C=NCC2)C(C2=CSSN=N2)(c2ccnnn2)N=C1. The monoisotopic (exact) mass is 345 g/mol. The third-order valence-electron chi connectivity index (χ3n) is 3.46. The van der Waals surface area contributed by atoms with Gasteiger partial charge in [0.1, 0.15) is 17.7 Å². The van der Waals surface area contributed by atoms with Gasteiger partial charge in [-0.3, -0.25) is 20.0 Å². The Morgan fingerprint density at radius 2 is 2.30 bits per heavy atom. The maximum Gasteiger partial charge on any atom is 0.239 e. The Balaban J connectivity index is 1.88. The molecule has 3 aliphatic heterocycles. The number of aromatic nitrogens is 3. The van der Waals surface area contributed by atoms with Crippen molar-refractivity contribution in [3.8, 4) is 0 Å². The van der Waals surface area contributed by atoms with Gasteiger partial charge in [0.15, 0.2) is 0 Å². The van der Waals surface area contributed by atoms with Crippen molar-refractivity contribution in [1.29, 1.82) is 0 Å². The van der Waals surface area contributed by atoms with Crippen LogP contribution in [-0.4, -0.2) is 51.1 Å². The Bertz CT molecular complexity index is 729. The first-order valence-corrected chi connectivity index (χ1v) is 8.95. The molecule has 11 heteroatoms.